The van der Waals surface area contributed by atoms with Gasteiger partial charge in [0.25, 0.3) is 0 Å². The number of hydrogen-bond donors (Lipinski definition) is 2. The van der Waals surface area contributed by atoms with Gasteiger partial charge < -0.3 is 10.4 Å². The molecular formula is C13H16FNO3. The third-order valence-electron chi connectivity index (χ3n) is 2.85. The van der Waals surface area contributed by atoms with Crippen LogP contribution in [0.5, 0.6) is 0 Å². The van der Waals surface area contributed by atoms with Gasteiger partial charge in [-0.3, -0.25) is 9.59 Å². The molecule has 1 amide bonds. The molecule has 1 aromatic carbocycles. The predicted octanol–water partition coefficient (Wildman–Crippen LogP) is 1.69. The molecule has 1 aromatic rings. The van der Waals surface area contributed by atoms with E-state index in [-0.39, 0.29) is 5.82 Å². The van der Waals surface area contributed by atoms with Crippen LogP contribution in [0.25, 0.3) is 0 Å². The molecule has 0 aromatic heterocycles. The fourth-order valence-electron chi connectivity index (χ4n) is 1.44. The zero-order valence-corrected chi connectivity index (χ0v) is 10.5. The molecule has 0 saturated carbocycles. The molecule has 0 aliphatic rings. The van der Waals surface area contributed by atoms with Gasteiger partial charge in [-0.15, -0.1) is 0 Å². The predicted molar refractivity (Wildman–Crippen MR) is 64.7 cm³/mol. The van der Waals surface area contributed by atoms with Crippen molar-refractivity contribution >= 4 is 11.9 Å². The summed E-state index contributed by atoms with van der Waals surface area (Å²) >= 11 is 0. The number of carboxylic acids is 1. The quantitative estimate of drug-likeness (QED) is 0.858. The number of halogens is 1. The zero-order valence-electron chi connectivity index (χ0n) is 10.5. The van der Waals surface area contributed by atoms with Crippen LogP contribution in [0, 0.1) is 5.82 Å². The summed E-state index contributed by atoms with van der Waals surface area (Å²) in [6, 6.07) is 4.61. The molecule has 0 fully saturated rings. The molecule has 1 atom stereocenters. The SMILES string of the molecule is CC(NC(=O)C(C)(C)c1ccc(F)cc1)C(=O)O. The van der Waals surface area contributed by atoms with Gasteiger partial charge in [0, 0.05) is 0 Å². The third-order valence-corrected chi connectivity index (χ3v) is 2.85. The lowest BCUT2D eigenvalue weighted by atomic mass is 9.83. The number of aliphatic carboxylic acids is 1. The number of hydrogen-bond acceptors (Lipinski definition) is 2. The van der Waals surface area contributed by atoms with Gasteiger partial charge in [-0.1, -0.05) is 12.1 Å². The minimum absolute atomic E-state index is 0.381. The van der Waals surface area contributed by atoms with Crippen LogP contribution in [0.1, 0.15) is 26.3 Å². The minimum Gasteiger partial charge on any atom is -0.480 e. The van der Waals surface area contributed by atoms with Crippen molar-refractivity contribution in [1.29, 1.82) is 0 Å². The van der Waals surface area contributed by atoms with Crippen molar-refractivity contribution in [1.82, 2.24) is 5.32 Å². The molecule has 4 nitrogen and oxygen atoms in total. The molecule has 0 saturated heterocycles. The van der Waals surface area contributed by atoms with Crippen LogP contribution in [0.2, 0.25) is 0 Å². The summed E-state index contributed by atoms with van der Waals surface area (Å²) < 4.78 is 12.8. The van der Waals surface area contributed by atoms with Crippen molar-refractivity contribution in [3.05, 3.63) is 35.6 Å². The van der Waals surface area contributed by atoms with E-state index in [0.717, 1.165) is 0 Å². The van der Waals surface area contributed by atoms with E-state index in [1.807, 2.05) is 0 Å². The van der Waals surface area contributed by atoms with Crippen LogP contribution in [-0.4, -0.2) is 23.0 Å². The first kappa shape index (κ1) is 14.2. The molecule has 98 valence electrons. The lowest BCUT2D eigenvalue weighted by Gasteiger charge is -2.25. The van der Waals surface area contributed by atoms with Crippen LogP contribution in [0.15, 0.2) is 24.3 Å². The minimum atomic E-state index is -1.10. The summed E-state index contributed by atoms with van der Waals surface area (Å²) in [4.78, 5) is 22.7. The van der Waals surface area contributed by atoms with Gasteiger partial charge in [0.15, 0.2) is 0 Å². The van der Waals surface area contributed by atoms with E-state index in [4.69, 9.17) is 5.11 Å². The summed E-state index contributed by atoms with van der Waals surface area (Å²) in [5.41, 5.74) is -0.295. The average Bonchev–Trinajstić information content (AvgIpc) is 2.29. The van der Waals surface area contributed by atoms with E-state index in [2.05, 4.69) is 5.32 Å². The lowest BCUT2D eigenvalue weighted by Crippen LogP contribution is -2.47. The highest BCUT2D eigenvalue weighted by molar-refractivity contribution is 5.90. The highest BCUT2D eigenvalue weighted by atomic mass is 19.1. The van der Waals surface area contributed by atoms with Gasteiger partial charge in [0.2, 0.25) is 5.91 Å². The molecule has 0 spiro atoms. The number of benzene rings is 1. The summed E-state index contributed by atoms with van der Waals surface area (Å²) in [6.45, 7) is 4.70. The normalized spacial score (nSPS) is 12.9. The molecule has 2 N–H and O–H groups in total. The Morgan fingerprint density at radius 1 is 1.28 bits per heavy atom. The number of carboxylic acid groups (broad SMARTS) is 1. The molecule has 0 bridgehead atoms. The van der Waals surface area contributed by atoms with Crippen LogP contribution in [-0.2, 0) is 15.0 Å². The second kappa shape index (κ2) is 5.16. The average molecular weight is 253 g/mol. The fraction of sp³-hybridized carbons (Fsp3) is 0.385. The monoisotopic (exact) mass is 253 g/mol. The first-order valence-electron chi connectivity index (χ1n) is 5.55. The fourth-order valence-corrected chi connectivity index (χ4v) is 1.44. The number of rotatable bonds is 4. The Morgan fingerprint density at radius 2 is 1.78 bits per heavy atom. The van der Waals surface area contributed by atoms with Gasteiger partial charge in [0.1, 0.15) is 11.9 Å². The second-order valence-electron chi connectivity index (χ2n) is 4.67. The molecule has 1 unspecified atom stereocenters. The van der Waals surface area contributed by atoms with Crippen molar-refractivity contribution in [2.45, 2.75) is 32.2 Å². The molecular weight excluding hydrogens is 237 g/mol. The van der Waals surface area contributed by atoms with Crippen LogP contribution < -0.4 is 5.32 Å². The number of carbonyl (C=O) groups excluding carboxylic acids is 1. The Morgan fingerprint density at radius 3 is 2.22 bits per heavy atom. The Bertz CT molecular complexity index is 454. The second-order valence-corrected chi connectivity index (χ2v) is 4.67. The van der Waals surface area contributed by atoms with Crippen LogP contribution in [0.3, 0.4) is 0 Å². The topological polar surface area (TPSA) is 66.4 Å². The van der Waals surface area contributed by atoms with Crippen molar-refractivity contribution in [2.24, 2.45) is 0 Å². The first-order valence-corrected chi connectivity index (χ1v) is 5.55. The Labute approximate surface area is 105 Å². The summed E-state index contributed by atoms with van der Waals surface area (Å²) in [7, 11) is 0. The van der Waals surface area contributed by atoms with Crippen molar-refractivity contribution in [2.75, 3.05) is 0 Å². The Hall–Kier alpha value is -1.91. The summed E-state index contributed by atoms with van der Waals surface area (Å²) in [5.74, 6) is -1.89. The highest BCUT2D eigenvalue weighted by Gasteiger charge is 2.31. The maximum atomic E-state index is 12.8. The molecule has 0 heterocycles. The zero-order chi connectivity index (χ0) is 13.9. The third kappa shape index (κ3) is 3.06. The van der Waals surface area contributed by atoms with E-state index in [9.17, 15) is 14.0 Å². The molecule has 0 aliphatic carbocycles. The van der Waals surface area contributed by atoms with E-state index in [1.165, 1.54) is 31.2 Å². The maximum absolute atomic E-state index is 12.8. The first-order chi connectivity index (χ1) is 8.25. The largest absolute Gasteiger partial charge is 0.480 e. The smallest absolute Gasteiger partial charge is 0.325 e. The van der Waals surface area contributed by atoms with E-state index >= 15 is 0 Å². The molecule has 5 heteroatoms. The van der Waals surface area contributed by atoms with Gasteiger partial charge in [-0.05, 0) is 38.5 Å². The van der Waals surface area contributed by atoms with Gasteiger partial charge in [-0.2, -0.15) is 0 Å². The van der Waals surface area contributed by atoms with Crippen molar-refractivity contribution in [3.8, 4) is 0 Å². The van der Waals surface area contributed by atoms with Crippen LogP contribution in [0.4, 0.5) is 4.39 Å². The van der Waals surface area contributed by atoms with Gasteiger partial charge in [0.05, 0.1) is 5.41 Å². The highest BCUT2D eigenvalue weighted by Crippen LogP contribution is 2.23. The number of carbonyl (C=O) groups is 2. The maximum Gasteiger partial charge on any atom is 0.325 e. The Kier molecular flexibility index (Phi) is 4.06. The van der Waals surface area contributed by atoms with Gasteiger partial charge in [-0.25, -0.2) is 4.39 Å². The number of amides is 1. The van der Waals surface area contributed by atoms with Crippen molar-refractivity contribution < 1.29 is 19.1 Å². The molecule has 0 radical (unpaired) electrons. The van der Waals surface area contributed by atoms with E-state index in [0.29, 0.717) is 5.56 Å². The van der Waals surface area contributed by atoms with E-state index < -0.39 is 23.3 Å². The molecule has 18 heavy (non-hydrogen) atoms. The van der Waals surface area contributed by atoms with Crippen LogP contribution >= 0.6 is 0 Å². The van der Waals surface area contributed by atoms with E-state index in [1.54, 1.807) is 13.8 Å². The lowest BCUT2D eigenvalue weighted by molar-refractivity contribution is -0.142. The van der Waals surface area contributed by atoms with Crippen molar-refractivity contribution in [3.63, 3.8) is 0 Å². The van der Waals surface area contributed by atoms with Gasteiger partial charge >= 0.3 is 5.97 Å². The summed E-state index contributed by atoms with van der Waals surface area (Å²) in [6.07, 6.45) is 0. The molecule has 0 aliphatic heterocycles. The molecule has 1 rings (SSSR count). The standard InChI is InChI=1S/C13H16FNO3/c1-8(11(16)17)15-12(18)13(2,3)9-4-6-10(14)7-5-9/h4-8H,1-3H3,(H,15,18)(H,16,17). The Balaban J connectivity index is 2.89. The number of nitrogens with one attached hydrogen (secondary N) is 1. The summed E-state index contributed by atoms with van der Waals surface area (Å²) in [5, 5.41) is 11.1.